The Hall–Kier alpha value is -0.610. The van der Waals surface area contributed by atoms with E-state index in [1.807, 2.05) is 4.90 Å². The highest BCUT2D eigenvalue weighted by Crippen LogP contribution is 2.46. The van der Waals surface area contributed by atoms with Gasteiger partial charge in [0.15, 0.2) is 0 Å². The number of nitrogens with two attached hydrogens (primary N) is 1. The molecule has 0 aromatic carbocycles. The van der Waals surface area contributed by atoms with Gasteiger partial charge in [0.05, 0.1) is 6.61 Å². The standard InChI is InChI=1S/C12H22N2O2/c13-6-4-11(16)14-7-10-3-1-2-5-12(10,8-14)9-15/h10,15H,1-9,13H2/t10-,12-/m1/s1. The van der Waals surface area contributed by atoms with E-state index in [9.17, 15) is 9.90 Å². The van der Waals surface area contributed by atoms with E-state index in [4.69, 9.17) is 5.73 Å². The van der Waals surface area contributed by atoms with Gasteiger partial charge in [-0.3, -0.25) is 4.79 Å². The van der Waals surface area contributed by atoms with Crippen LogP contribution in [0.2, 0.25) is 0 Å². The van der Waals surface area contributed by atoms with E-state index < -0.39 is 0 Å². The van der Waals surface area contributed by atoms with Crippen LogP contribution in [0.25, 0.3) is 0 Å². The average molecular weight is 226 g/mol. The zero-order valence-electron chi connectivity index (χ0n) is 9.82. The summed E-state index contributed by atoms with van der Waals surface area (Å²) in [6.07, 6.45) is 5.10. The predicted octanol–water partition coefficient (Wildman–Crippen LogP) is 0.346. The topological polar surface area (TPSA) is 66.6 Å². The summed E-state index contributed by atoms with van der Waals surface area (Å²) < 4.78 is 0. The lowest BCUT2D eigenvalue weighted by Crippen LogP contribution is -2.37. The van der Waals surface area contributed by atoms with Gasteiger partial charge in [0.1, 0.15) is 0 Å². The maximum atomic E-state index is 11.8. The molecule has 2 fully saturated rings. The molecule has 1 heterocycles. The summed E-state index contributed by atoms with van der Waals surface area (Å²) in [4.78, 5) is 13.7. The molecule has 1 amide bonds. The lowest BCUT2D eigenvalue weighted by atomic mass is 9.69. The van der Waals surface area contributed by atoms with Crippen molar-refractivity contribution in [2.45, 2.75) is 32.1 Å². The third kappa shape index (κ3) is 1.96. The van der Waals surface area contributed by atoms with Crippen LogP contribution in [0.15, 0.2) is 0 Å². The summed E-state index contributed by atoms with van der Waals surface area (Å²) in [5.74, 6) is 0.665. The van der Waals surface area contributed by atoms with Crippen LogP contribution in [0, 0.1) is 11.3 Å². The Kier molecular flexibility index (Phi) is 3.50. The first kappa shape index (κ1) is 11.9. The minimum atomic E-state index is 0.00249. The van der Waals surface area contributed by atoms with E-state index in [-0.39, 0.29) is 17.9 Å². The van der Waals surface area contributed by atoms with Crippen LogP contribution in [-0.4, -0.2) is 42.2 Å². The molecule has 0 aromatic heterocycles. The minimum Gasteiger partial charge on any atom is -0.396 e. The van der Waals surface area contributed by atoms with Crippen LogP contribution in [0.1, 0.15) is 32.1 Å². The third-order valence-corrected chi connectivity index (χ3v) is 4.32. The van der Waals surface area contributed by atoms with Gasteiger partial charge in [0, 0.05) is 31.5 Å². The van der Waals surface area contributed by atoms with Crippen LogP contribution < -0.4 is 5.73 Å². The van der Waals surface area contributed by atoms with Crippen molar-refractivity contribution >= 4 is 5.91 Å². The molecule has 1 aliphatic heterocycles. The number of carbonyl (C=O) groups excluding carboxylic acids is 1. The Morgan fingerprint density at radius 2 is 2.31 bits per heavy atom. The summed E-state index contributed by atoms with van der Waals surface area (Å²) in [7, 11) is 0. The quantitative estimate of drug-likeness (QED) is 0.729. The second-order valence-corrected chi connectivity index (χ2v) is 5.28. The Bertz CT molecular complexity index is 270. The molecule has 1 saturated heterocycles. The molecule has 1 saturated carbocycles. The van der Waals surface area contributed by atoms with Gasteiger partial charge in [0.25, 0.3) is 0 Å². The molecule has 1 aliphatic carbocycles. The fourth-order valence-corrected chi connectivity index (χ4v) is 3.31. The maximum Gasteiger partial charge on any atom is 0.223 e. The van der Waals surface area contributed by atoms with Crippen molar-refractivity contribution in [1.82, 2.24) is 4.90 Å². The average Bonchev–Trinajstić information content (AvgIpc) is 2.69. The van der Waals surface area contributed by atoms with Crippen molar-refractivity contribution in [3.05, 3.63) is 0 Å². The van der Waals surface area contributed by atoms with Gasteiger partial charge in [-0.15, -0.1) is 0 Å². The molecule has 0 aromatic rings. The van der Waals surface area contributed by atoms with Crippen LogP contribution in [0.4, 0.5) is 0 Å². The first-order chi connectivity index (χ1) is 7.72. The third-order valence-electron chi connectivity index (χ3n) is 4.32. The van der Waals surface area contributed by atoms with Gasteiger partial charge in [-0.1, -0.05) is 12.8 Å². The molecule has 4 heteroatoms. The Labute approximate surface area is 96.8 Å². The Morgan fingerprint density at radius 3 is 2.94 bits per heavy atom. The van der Waals surface area contributed by atoms with Gasteiger partial charge in [-0.2, -0.15) is 0 Å². The zero-order valence-corrected chi connectivity index (χ0v) is 9.82. The van der Waals surface area contributed by atoms with E-state index in [0.29, 0.717) is 18.9 Å². The molecule has 16 heavy (non-hydrogen) atoms. The van der Waals surface area contributed by atoms with E-state index in [0.717, 1.165) is 25.9 Å². The maximum absolute atomic E-state index is 11.8. The molecule has 0 bridgehead atoms. The number of hydrogen-bond acceptors (Lipinski definition) is 3. The monoisotopic (exact) mass is 226 g/mol. The number of amides is 1. The minimum absolute atomic E-state index is 0.00249. The number of aliphatic hydroxyl groups is 1. The van der Waals surface area contributed by atoms with Crippen LogP contribution in [-0.2, 0) is 4.79 Å². The summed E-state index contributed by atoms with van der Waals surface area (Å²) in [6.45, 7) is 2.22. The van der Waals surface area contributed by atoms with Crippen LogP contribution in [0.3, 0.4) is 0 Å². The second kappa shape index (κ2) is 4.72. The van der Waals surface area contributed by atoms with Crippen molar-refractivity contribution in [2.24, 2.45) is 17.1 Å². The lowest BCUT2D eigenvalue weighted by molar-refractivity contribution is -0.130. The van der Waals surface area contributed by atoms with Crippen molar-refractivity contribution in [1.29, 1.82) is 0 Å². The first-order valence-corrected chi connectivity index (χ1v) is 6.30. The van der Waals surface area contributed by atoms with Gasteiger partial charge < -0.3 is 15.7 Å². The highest BCUT2D eigenvalue weighted by Gasteiger charge is 2.48. The first-order valence-electron chi connectivity index (χ1n) is 6.30. The summed E-state index contributed by atoms with van der Waals surface area (Å²) in [5.41, 5.74) is 5.41. The molecular weight excluding hydrogens is 204 g/mol. The van der Waals surface area contributed by atoms with E-state index >= 15 is 0 Å². The molecule has 3 N–H and O–H groups in total. The number of nitrogens with zero attached hydrogens (tertiary/aromatic N) is 1. The molecule has 92 valence electrons. The van der Waals surface area contributed by atoms with E-state index in [2.05, 4.69) is 0 Å². The van der Waals surface area contributed by atoms with Crippen LogP contribution >= 0.6 is 0 Å². The Morgan fingerprint density at radius 1 is 1.50 bits per heavy atom. The second-order valence-electron chi connectivity index (χ2n) is 5.28. The number of fused-ring (bicyclic) bond motifs is 1. The highest BCUT2D eigenvalue weighted by molar-refractivity contribution is 5.76. The van der Waals surface area contributed by atoms with E-state index in [1.165, 1.54) is 12.8 Å². The number of hydrogen-bond donors (Lipinski definition) is 2. The number of likely N-dealkylation sites (tertiary alicyclic amines) is 1. The van der Waals surface area contributed by atoms with Gasteiger partial charge in [-0.05, 0) is 18.8 Å². The van der Waals surface area contributed by atoms with Crippen molar-refractivity contribution < 1.29 is 9.90 Å². The molecule has 4 nitrogen and oxygen atoms in total. The SMILES string of the molecule is NCCC(=O)N1C[C@H]2CCCC[C@]2(CO)C1. The summed E-state index contributed by atoms with van der Waals surface area (Å²) in [5, 5.41) is 9.62. The van der Waals surface area contributed by atoms with Crippen molar-refractivity contribution in [3.63, 3.8) is 0 Å². The van der Waals surface area contributed by atoms with Gasteiger partial charge in [-0.25, -0.2) is 0 Å². The molecule has 0 radical (unpaired) electrons. The smallest absolute Gasteiger partial charge is 0.223 e. The zero-order chi connectivity index (χ0) is 11.6. The van der Waals surface area contributed by atoms with Crippen molar-refractivity contribution in [3.8, 4) is 0 Å². The Balaban J connectivity index is 2.04. The number of rotatable bonds is 3. The molecule has 2 aliphatic rings. The van der Waals surface area contributed by atoms with Gasteiger partial charge >= 0.3 is 0 Å². The molecule has 2 rings (SSSR count). The predicted molar refractivity (Wildman–Crippen MR) is 61.7 cm³/mol. The van der Waals surface area contributed by atoms with E-state index in [1.54, 1.807) is 0 Å². The molecule has 0 spiro atoms. The fourth-order valence-electron chi connectivity index (χ4n) is 3.31. The van der Waals surface area contributed by atoms with Crippen molar-refractivity contribution in [2.75, 3.05) is 26.2 Å². The number of aliphatic hydroxyl groups excluding tert-OH is 1. The highest BCUT2D eigenvalue weighted by atomic mass is 16.3. The molecule has 2 atom stereocenters. The van der Waals surface area contributed by atoms with Gasteiger partial charge in [0.2, 0.25) is 5.91 Å². The summed E-state index contributed by atoms with van der Waals surface area (Å²) in [6, 6.07) is 0. The fraction of sp³-hybridized carbons (Fsp3) is 0.917. The largest absolute Gasteiger partial charge is 0.396 e. The lowest BCUT2D eigenvalue weighted by Gasteiger charge is -2.36. The normalized spacial score (nSPS) is 33.9. The molecule has 0 unspecified atom stereocenters. The van der Waals surface area contributed by atoms with Crippen LogP contribution in [0.5, 0.6) is 0 Å². The molecular formula is C12H22N2O2. The summed E-state index contributed by atoms with van der Waals surface area (Å²) >= 11 is 0. The number of carbonyl (C=O) groups is 1.